The van der Waals surface area contributed by atoms with E-state index in [1.54, 1.807) is 26.8 Å². The summed E-state index contributed by atoms with van der Waals surface area (Å²) in [6.07, 6.45) is 0. The summed E-state index contributed by atoms with van der Waals surface area (Å²) in [4.78, 5) is 12.3. The minimum Gasteiger partial charge on any atom is -0.383 e. The van der Waals surface area contributed by atoms with Gasteiger partial charge in [-0.1, -0.05) is 6.07 Å². The zero-order valence-corrected chi connectivity index (χ0v) is 16.0. The lowest BCUT2D eigenvalue weighted by molar-refractivity contribution is 0.0945. The molecule has 0 fully saturated rings. The van der Waals surface area contributed by atoms with E-state index in [1.165, 1.54) is 19.2 Å². The number of rotatable bonds is 8. The molecule has 0 aromatic heterocycles. The van der Waals surface area contributed by atoms with Crippen molar-refractivity contribution in [3.05, 3.63) is 29.3 Å². The summed E-state index contributed by atoms with van der Waals surface area (Å²) < 4.78 is 31.6. The van der Waals surface area contributed by atoms with Gasteiger partial charge in [-0.05, 0) is 38.5 Å². The van der Waals surface area contributed by atoms with E-state index in [1.807, 2.05) is 0 Å². The van der Waals surface area contributed by atoms with Crippen LogP contribution in [-0.4, -0.2) is 46.7 Å². The average molecular weight is 380 g/mol. The summed E-state index contributed by atoms with van der Waals surface area (Å²) in [5.74, 6) is -0.352. The second-order valence-corrected chi connectivity index (χ2v) is 7.81. The maximum Gasteiger partial charge on any atom is 0.251 e. The number of sulfonamides is 1. The first-order valence-corrected chi connectivity index (χ1v) is 8.71. The Morgan fingerprint density at radius 2 is 1.96 bits per heavy atom. The Morgan fingerprint density at radius 3 is 2.50 bits per heavy atom. The molecule has 24 heavy (non-hydrogen) atoms. The van der Waals surface area contributed by atoms with E-state index in [0.717, 1.165) is 0 Å². The molecule has 0 bridgehead atoms. The fourth-order valence-corrected chi connectivity index (χ4v) is 2.82. The smallest absolute Gasteiger partial charge is 0.251 e. The quantitative estimate of drug-likeness (QED) is 0.579. The molecule has 1 rings (SSSR count). The van der Waals surface area contributed by atoms with Gasteiger partial charge in [0.15, 0.2) is 0 Å². The number of methoxy groups -OCH3 is 1. The summed E-state index contributed by atoms with van der Waals surface area (Å²) in [5, 5.41) is 2.71. The van der Waals surface area contributed by atoms with Crippen molar-refractivity contribution in [2.45, 2.75) is 31.2 Å². The van der Waals surface area contributed by atoms with Crippen molar-refractivity contribution in [3.8, 4) is 0 Å². The van der Waals surface area contributed by atoms with Gasteiger partial charge in [-0.25, -0.2) is 13.1 Å². The molecule has 0 unspecified atom stereocenters. The number of hydrogen-bond donors (Lipinski definition) is 3. The first kappa shape index (κ1) is 22.8. The highest BCUT2D eigenvalue weighted by molar-refractivity contribution is 7.89. The molecule has 1 amide bonds. The summed E-state index contributed by atoms with van der Waals surface area (Å²) in [6.45, 7) is 6.05. The first-order chi connectivity index (χ1) is 10.6. The van der Waals surface area contributed by atoms with Gasteiger partial charge in [-0.2, -0.15) is 0 Å². The van der Waals surface area contributed by atoms with Crippen molar-refractivity contribution in [2.75, 3.05) is 26.8 Å². The maximum atomic E-state index is 12.2. The highest BCUT2D eigenvalue weighted by atomic mass is 35.5. The lowest BCUT2D eigenvalue weighted by Gasteiger charge is -2.19. The van der Waals surface area contributed by atoms with Gasteiger partial charge in [0.2, 0.25) is 10.0 Å². The van der Waals surface area contributed by atoms with Crippen LogP contribution < -0.4 is 15.8 Å². The predicted octanol–water partition coefficient (Wildman–Crippen LogP) is 0.809. The van der Waals surface area contributed by atoms with Crippen LogP contribution in [0.5, 0.6) is 0 Å². The Bertz CT molecular complexity index is 657. The lowest BCUT2D eigenvalue weighted by atomic mass is 10.1. The molecule has 138 valence electrons. The molecule has 0 radical (unpaired) electrons. The molecule has 1 aromatic rings. The molecule has 0 spiro atoms. The third-order valence-corrected chi connectivity index (χ3v) is 4.53. The number of ether oxygens (including phenoxy) is 1. The molecule has 1 aromatic carbocycles. The highest BCUT2D eigenvalue weighted by Crippen LogP contribution is 2.15. The Labute approximate surface area is 149 Å². The fraction of sp³-hybridized carbons (Fsp3) is 0.533. The molecule has 0 saturated heterocycles. The molecule has 0 aliphatic heterocycles. The van der Waals surface area contributed by atoms with Gasteiger partial charge in [0.25, 0.3) is 5.91 Å². The molecular formula is C15H26ClN3O4S. The number of halogens is 1. The van der Waals surface area contributed by atoms with Gasteiger partial charge >= 0.3 is 0 Å². The van der Waals surface area contributed by atoms with Gasteiger partial charge in [0.1, 0.15) is 0 Å². The molecule has 0 aliphatic carbocycles. The number of nitrogens with one attached hydrogen (secondary N) is 2. The van der Waals surface area contributed by atoms with E-state index < -0.39 is 15.6 Å². The van der Waals surface area contributed by atoms with Crippen LogP contribution in [0.4, 0.5) is 0 Å². The van der Waals surface area contributed by atoms with Crippen LogP contribution in [0, 0.1) is 6.92 Å². The number of carbonyl (C=O) groups is 1. The Hall–Kier alpha value is -1.19. The van der Waals surface area contributed by atoms with E-state index in [9.17, 15) is 13.2 Å². The van der Waals surface area contributed by atoms with E-state index in [4.69, 9.17) is 10.5 Å². The molecule has 0 saturated carbocycles. The second-order valence-electron chi connectivity index (χ2n) is 6.04. The number of hydrogen-bond acceptors (Lipinski definition) is 5. The van der Waals surface area contributed by atoms with Crippen molar-refractivity contribution >= 4 is 28.3 Å². The van der Waals surface area contributed by atoms with Crippen LogP contribution in [0.15, 0.2) is 23.1 Å². The Kier molecular flexibility index (Phi) is 8.87. The summed E-state index contributed by atoms with van der Waals surface area (Å²) in [5.41, 5.74) is 6.29. The minimum absolute atomic E-state index is 0. The molecule has 0 heterocycles. The summed E-state index contributed by atoms with van der Waals surface area (Å²) in [6, 6.07) is 4.44. The van der Waals surface area contributed by atoms with Crippen molar-refractivity contribution in [1.82, 2.24) is 10.0 Å². The largest absolute Gasteiger partial charge is 0.383 e. The van der Waals surface area contributed by atoms with Gasteiger partial charge in [0, 0.05) is 31.3 Å². The van der Waals surface area contributed by atoms with Crippen molar-refractivity contribution in [2.24, 2.45) is 5.73 Å². The zero-order chi connectivity index (χ0) is 17.7. The third-order valence-electron chi connectivity index (χ3n) is 3.07. The number of benzene rings is 1. The maximum absolute atomic E-state index is 12.2. The van der Waals surface area contributed by atoms with Gasteiger partial charge in [0.05, 0.1) is 11.5 Å². The molecule has 9 heteroatoms. The van der Waals surface area contributed by atoms with Crippen LogP contribution in [0.25, 0.3) is 0 Å². The van der Waals surface area contributed by atoms with Crippen LogP contribution in [-0.2, 0) is 14.8 Å². The van der Waals surface area contributed by atoms with Crippen LogP contribution in [0.3, 0.4) is 0 Å². The second kappa shape index (κ2) is 9.33. The summed E-state index contributed by atoms with van der Waals surface area (Å²) >= 11 is 0. The number of carbonyl (C=O) groups excluding carboxylic acids is 1. The number of aryl methyl sites for hydroxylation is 1. The summed E-state index contributed by atoms with van der Waals surface area (Å²) in [7, 11) is -2.20. The van der Waals surface area contributed by atoms with E-state index >= 15 is 0 Å². The first-order valence-electron chi connectivity index (χ1n) is 7.23. The van der Waals surface area contributed by atoms with Crippen molar-refractivity contribution in [3.63, 3.8) is 0 Å². The normalized spacial score (nSPS) is 11.7. The average Bonchev–Trinajstić information content (AvgIpc) is 2.44. The number of amides is 1. The Morgan fingerprint density at radius 1 is 1.33 bits per heavy atom. The van der Waals surface area contributed by atoms with E-state index in [2.05, 4.69) is 10.0 Å². The Balaban J connectivity index is 0.00000529. The lowest BCUT2D eigenvalue weighted by Crippen LogP contribution is -2.45. The van der Waals surface area contributed by atoms with Gasteiger partial charge in [-0.15, -0.1) is 12.4 Å². The minimum atomic E-state index is -3.68. The topological polar surface area (TPSA) is 111 Å². The van der Waals surface area contributed by atoms with Crippen LogP contribution >= 0.6 is 12.4 Å². The van der Waals surface area contributed by atoms with Gasteiger partial charge in [-0.3, -0.25) is 4.79 Å². The van der Waals surface area contributed by atoms with Crippen LogP contribution in [0.1, 0.15) is 29.8 Å². The third kappa shape index (κ3) is 7.14. The highest BCUT2D eigenvalue weighted by Gasteiger charge is 2.19. The van der Waals surface area contributed by atoms with Gasteiger partial charge < -0.3 is 15.8 Å². The molecule has 4 N–H and O–H groups in total. The van der Waals surface area contributed by atoms with E-state index in [0.29, 0.717) is 11.1 Å². The molecule has 0 atom stereocenters. The van der Waals surface area contributed by atoms with Crippen molar-refractivity contribution in [1.29, 1.82) is 0 Å². The van der Waals surface area contributed by atoms with E-state index in [-0.39, 0.29) is 42.9 Å². The van der Waals surface area contributed by atoms with Crippen LogP contribution in [0.2, 0.25) is 0 Å². The number of nitrogens with two attached hydrogens (primary N) is 1. The fourth-order valence-electron chi connectivity index (χ4n) is 1.78. The zero-order valence-electron chi connectivity index (χ0n) is 14.4. The predicted molar refractivity (Wildman–Crippen MR) is 96.1 cm³/mol. The SMILES string of the molecule is COCCNS(=O)(=O)c1ccc(C)c(C(=O)NCC(C)(C)N)c1.Cl. The molecular weight excluding hydrogens is 354 g/mol. The molecule has 7 nitrogen and oxygen atoms in total. The monoisotopic (exact) mass is 379 g/mol. The van der Waals surface area contributed by atoms with Crippen molar-refractivity contribution < 1.29 is 17.9 Å². The molecule has 0 aliphatic rings. The standard InChI is InChI=1S/C15H25N3O4S.ClH/c1-11-5-6-12(23(20,21)18-7-8-22-4)9-13(11)14(19)17-10-15(2,3)16;/h5-6,9,18H,7-8,10,16H2,1-4H3,(H,17,19);1H.